The number of hydrogen-bond acceptors (Lipinski definition) is 1. The first-order valence-electron chi connectivity index (χ1n) is 7.04. The number of benzene rings is 2. The predicted molar refractivity (Wildman–Crippen MR) is 91.3 cm³/mol. The number of nitrogens with zero attached hydrogens (tertiary/aromatic N) is 1. The maximum atomic E-state index is 3.34. The molecule has 2 nitrogen and oxygen atoms in total. The van der Waals surface area contributed by atoms with Crippen molar-refractivity contribution in [3.8, 4) is 0 Å². The van der Waals surface area contributed by atoms with Gasteiger partial charge in [-0.15, -0.1) is 0 Å². The molecule has 2 rings (SSSR count). The van der Waals surface area contributed by atoms with E-state index in [1.54, 1.807) is 0 Å². The molecule has 106 valence electrons. The Labute approximate surface area is 126 Å². The van der Waals surface area contributed by atoms with Crippen LogP contribution in [0, 0.1) is 0 Å². The lowest BCUT2D eigenvalue weighted by Crippen LogP contribution is -1.97. The molecule has 0 aliphatic rings. The SMILES string of the molecule is CC(=CC=CC=[N+](C)c1ccccc1)Nc1ccccc1. The third-order valence-electron chi connectivity index (χ3n) is 3.05. The molecule has 0 radical (unpaired) electrons. The molecule has 0 amide bonds. The van der Waals surface area contributed by atoms with E-state index in [0.717, 1.165) is 11.4 Å². The van der Waals surface area contributed by atoms with Crippen molar-refractivity contribution in [3.05, 3.63) is 84.6 Å². The third kappa shape index (κ3) is 5.11. The molecule has 0 saturated heterocycles. The van der Waals surface area contributed by atoms with Crippen molar-refractivity contribution in [2.24, 2.45) is 0 Å². The van der Waals surface area contributed by atoms with E-state index in [-0.39, 0.29) is 0 Å². The Morgan fingerprint density at radius 2 is 1.52 bits per heavy atom. The molecule has 1 N–H and O–H groups in total. The maximum Gasteiger partial charge on any atom is 0.204 e. The number of rotatable bonds is 5. The van der Waals surface area contributed by atoms with Crippen molar-refractivity contribution in [2.45, 2.75) is 6.92 Å². The largest absolute Gasteiger partial charge is 0.359 e. The third-order valence-corrected chi connectivity index (χ3v) is 3.05. The van der Waals surface area contributed by atoms with Crippen LogP contribution in [0.1, 0.15) is 6.92 Å². The standard InChI is InChI=1S/C19H20N2/c1-17(20-18-12-5-3-6-13-18)11-9-10-16-21(2)19-14-7-4-8-15-19/h3-16H,1-2H3/p+1. The molecule has 0 aromatic heterocycles. The molecule has 0 heterocycles. The van der Waals surface area contributed by atoms with Gasteiger partial charge in [-0.1, -0.05) is 42.5 Å². The molecular formula is C19H21N2+. The molecule has 21 heavy (non-hydrogen) atoms. The van der Waals surface area contributed by atoms with Gasteiger partial charge in [-0.25, -0.2) is 4.58 Å². The highest BCUT2D eigenvalue weighted by molar-refractivity contribution is 5.68. The lowest BCUT2D eigenvalue weighted by atomic mass is 10.3. The minimum atomic E-state index is 1.10. The monoisotopic (exact) mass is 277 g/mol. The summed E-state index contributed by atoms with van der Waals surface area (Å²) in [7, 11) is 2.04. The van der Waals surface area contributed by atoms with Crippen molar-refractivity contribution in [2.75, 3.05) is 12.4 Å². The van der Waals surface area contributed by atoms with Crippen LogP contribution in [-0.4, -0.2) is 17.8 Å². The van der Waals surface area contributed by atoms with Gasteiger partial charge >= 0.3 is 0 Å². The smallest absolute Gasteiger partial charge is 0.204 e. The fourth-order valence-corrected chi connectivity index (χ4v) is 1.92. The van der Waals surface area contributed by atoms with E-state index >= 15 is 0 Å². The second-order valence-corrected chi connectivity index (χ2v) is 4.82. The summed E-state index contributed by atoms with van der Waals surface area (Å²) in [5, 5.41) is 3.34. The fraction of sp³-hybridized carbons (Fsp3) is 0.105. The zero-order valence-corrected chi connectivity index (χ0v) is 12.5. The Hall–Kier alpha value is -2.61. The minimum absolute atomic E-state index is 1.10. The van der Waals surface area contributed by atoms with Gasteiger partial charge in [0.1, 0.15) is 7.05 Å². The van der Waals surface area contributed by atoms with E-state index < -0.39 is 0 Å². The van der Waals surface area contributed by atoms with E-state index in [0.29, 0.717) is 0 Å². The van der Waals surface area contributed by atoms with E-state index in [2.05, 4.69) is 47.2 Å². The first-order valence-corrected chi connectivity index (χ1v) is 7.04. The van der Waals surface area contributed by atoms with Crippen molar-refractivity contribution >= 4 is 17.6 Å². The number of para-hydroxylation sites is 2. The van der Waals surface area contributed by atoms with Gasteiger partial charge in [0.15, 0.2) is 6.21 Å². The number of hydrogen-bond donors (Lipinski definition) is 1. The van der Waals surface area contributed by atoms with E-state index in [1.165, 1.54) is 5.69 Å². The molecule has 2 aromatic carbocycles. The molecule has 0 bridgehead atoms. The second-order valence-electron chi connectivity index (χ2n) is 4.82. The quantitative estimate of drug-likeness (QED) is 0.479. The van der Waals surface area contributed by atoms with Gasteiger partial charge in [0.2, 0.25) is 5.69 Å². The summed E-state index contributed by atoms with van der Waals surface area (Å²) in [4.78, 5) is 0. The van der Waals surface area contributed by atoms with Crippen molar-refractivity contribution in [1.29, 1.82) is 0 Å². The van der Waals surface area contributed by atoms with Gasteiger partial charge in [0.05, 0.1) is 0 Å². The Balaban J connectivity index is 1.94. The maximum absolute atomic E-state index is 3.34. The van der Waals surface area contributed by atoms with Crippen molar-refractivity contribution in [3.63, 3.8) is 0 Å². The summed E-state index contributed by atoms with van der Waals surface area (Å²) in [5.74, 6) is 0. The average Bonchev–Trinajstić information content (AvgIpc) is 2.53. The zero-order valence-electron chi connectivity index (χ0n) is 12.5. The zero-order chi connectivity index (χ0) is 14.9. The highest BCUT2D eigenvalue weighted by Gasteiger charge is 1.97. The van der Waals surface area contributed by atoms with Crippen molar-refractivity contribution < 1.29 is 4.58 Å². The van der Waals surface area contributed by atoms with Crippen LogP contribution in [0.25, 0.3) is 0 Å². The summed E-state index contributed by atoms with van der Waals surface area (Å²) in [5.41, 5.74) is 3.38. The predicted octanol–water partition coefficient (Wildman–Crippen LogP) is 4.60. The van der Waals surface area contributed by atoms with Gasteiger partial charge < -0.3 is 5.32 Å². The Kier molecular flexibility index (Phi) is 5.53. The van der Waals surface area contributed by atoms with Crippen LogP contribution in [0.15, 0.2) is 84.6 Å². The number of nitrogens with one attached hydrogen (secondary N) is 1. The lowest BCUT2D eigenvalue weighted by molar-refractivity contribution is -0.398. The Morgan fingerprint density at radius 3 is 2.19 bits per heavy atom. The molecule has 0 aliphatic carbocycles. The normalized spacial score (nSPS) is 12.7. The van der Waals surface area contributed by atoms with Gasteiger partial charge in [-0.2, -0.15) is 0 Å². The van der Waals surface area contributed by atoms with Crippen LogP contribution in [0.3, 0.4) is 0 Å². The van der Waals surface area contributed by atoms with Crippen LogP contribution in [0.2, 0.25) is 0 Å². The first kappa shape index (κ1) is 14.8. The average molecular weight is 277 g/mol. The fourth-order valence-electron chi connectivity index (χ4n) is 1.92. The van der Waals surface area contributed by atoms with Crippen LogP contribution in [-0.2, 0) is 0 Å². The van der Waals surface area contributed by atoms with Crippen molar-refractivity contribution in [1.82, 2.24) is 0 Å². The van der Waals surface area contributed by atoms with Crippen LogP contribution in [0.4, 0.5) is 11.4 Å². The summed E-state index contributed by atoms with van der Waals surface area (Å²) < 4.78 is 2.09. The van der Waals surface area contributed by atoms with E-state index in [4.69, 9.17) is 0 Å². The molecule has 0 atom stereocenters. The lowest BCUT2D eigenvalue weighted by Gasteiger charge is -2.04. The van der Waals surface area contributed by atoms with Crippen LogP contribution >= 0.6 is 0 Å². The molecular weight excluding hydrogens is 256 g/mol. The molecule has 2 aromatic rings. The van der Waals surface area contributed by atoms with E-state index in [9.17, 15) is 0 Å². The van der Waals surface area contributed by atoms with Crippen LogP contribution < -0.4 is 5.32 Å². The highest BCUT2D eigenvalue weighted by atomic mass is 15.0. The molecule has 0 aliphatic heterocycles. The summed E-state index contributed by atoms with van der Waals surface area (Å²) in [6, 6.07) is 20.4. The summed E-state index contributed by atoms with van der Waals surface area (Å²) in [6.45, 7) is 2.05. The Bertz CT molecular complexity index is 638. The van der Waals surface area contributed by atoms with Gasteiger partial charge in [-0.05, 0) is 25.1 Å². The summed E-state index contributed by atoms with van der Waals surface area (Å²) >= 11 is 0. The summed E-state index contributed by atoms with van der Waals surface area (Å²) in [6.07, 6.45) is 8.16. The van der Waals surface area contributed by atoms with Gasteiger partial charge in [-0.3, -0.25) is 0 Å². The molecule has 0 unspecified atom stereocenters. The Morgan fingerprint density at radius 1 is 0.905 bits per heavy atom. The molecule has 0 saturated carbocycles. The topological polar surface area (TPSA) is 15.0 Å². The van der Waals surface area contributed by atoms with Gasteiger partial charge in [0.25, 0.3) is 0 Å². The number of anilines is 1. The highest BCUT2D eigenvalue weighted by Crippen LogP contribution is 2.09. The molecule has 0 fully saturated rings. The number of allylic oxidation sites excluding steroid dienone is 4. The van der Waals surface area contributed by atoms with Gasteiger partial charge in [0, 0.05) is 29.6 Å². The molecule has 0 spiro atoms. The second kappa shape index (κ2) is 7.85. The molecule has 2 heteroatoms. The van der Waals surface area contributed by atoms with Crippen LogP contribution in [0.5, 0.6) is 0 Å². The first-order chi connectivity index (χ1) is 10.3. The van der Waals surface area contributed by atoms with E-state index in [1.807, 2.05) is 61.8 Å². The minimum Gasteiger partial charge on any atom is -0.359 e.